The molecule has 1 saturated heterocycles. The summed E-state index contributed by atoms with van der Waals surface area (Å²) in [5.74, 6) is -0.961. The summed E-state index contributed by atoms with van der Waals surface area (Å²) >= 11 is 0. The third-order valence-electron chi connectivity index (χ3n) is 3.09. The molecule has 0 aliphatic carbocycles. The third-order valence-corrected chi connectivity index (χ3v) is 3.09. The van der Waals surface area contributed by atoms with Gasteiger partial charge in [-0.2, -0.15) is 13.2 Å². The summed E-state index contributed by atoms with van der Waals surface area (Å²) in [6.07, 6.45) is -5.87. The van der Waals surface area contributed by atoms with Crippen molar-refractivity contribution in [1.82, 2.24) is 10.4 Å². The number of nitrogens with one attached hydrogen (secondary N) is 1. The molecule has 0 bridgehead atoms. The van der Waals surface area contributed by atoms with Crippen molar-refractivity contribution >= 4 is 5.91 Å². The Balaban J connectivity index is 2.44. The van der Waals surface area contributed by atoms with Crippen LogP contribution >= 0.6 is 0 Å². The van der Waals surface area contributed by atoms with E-state index >= 15 is 0 Å². The van der Waals surface area contributed by atoms with E-state index in [1.165, 1.54) is 25.3 Å². The number of halogens is 3. The number of hydrazine groups is 1. The second kappa shape index (κ2) is 4.96. The molecule has 1 aromatic carbocycles. The number of rotatable bonds is 2. The quantitative estimate of drug-likeness (QED) is 0.874. The molecule has 114 valence electrons. The van der Waals surface area contributed by atoms with Gasteiger partial charge in [-0.1, -0.05) is 18.7 Å². The lowest BCUT2D eigenvalue weighted by Gasteiger charge is -2.33. The van der Waals surface area contributed by atoms with Gasteiger partial charge in [-0.25, -0.2) is 5.01 Å². The van der Waals surface area contributed by atoms with Gasteiger partial charge in [-0.05, 0) is 12.1 Å². The van der Waals surface area contributed by atoms with Crippen molar-refractivity contribution in [2.24, 2.45) is 0 Å². The zero-order chi connectivity index (χ0) is 15.8. The van der Waals surface area contributed by atoms with Crippen LogP contribution in [-0.2, 0) is 0 Å². The van der Waals surface area contributed by atoms with Gasteiger partial charge in [0.25, 0.3) is 11.6 Å². The van der Waals surface area contributed by atoms with Gasteiger partial charge in [0.15, 0.2) is 0 Å². The predicted octanol–water partition coefficient (Wildman–Crippen LogP) is 1.81. The van der Waals surface area contributed by atoms with Crippen molar-refractivity contribution in [3.63, 3.8) is 0 Å². The highest BCUT2D eigenvalue weighted by molar-refractivity contribution is 5.97. The minimum absolute atomic E-state index is 0.103. The number of benzene rings is 1. The molecule has 21 heavy (non-hydrogen) atoms. The van der Waals surface area contributed by atoms with Crippen LogP contribution in [0.2, 0.25) is 0 Å². The first-order chi connectivity index (χ1) is 9.70. The van der Waals surface area contributed by atoms with Crippen molar-refractivity contribution in [2.75, 3.05) is 7.11 Å². The van der Waals surface area contributed by atoms with Gasteiger partial charge < -0.3 is 9.84 Å². The van der Waals surface area contributed by atoms with E-state index in [0.717, 1.165) is 0 Å². The Bertz CT molecular complexity index is 588. The molecular weight excluding hydrogens is 289 g/mol. The number of aliphatic hydroxyl groups is 1. The molecule has 1 aromatic rings. The van der Waals surface area contributed by atoms with E-state index in [4.69, 9.17) is 4.74 Å². The zero-order valence-corrected chi connectivity index (χ0v) is 11.1. The number of ether oxygens (including phenoxy) is 1. The van der Waals surface area contributed by atoms with Crippen LogP contribution in [0.1, 0.15) is 16.8 Å². The molecule has 8 heteroatoms. The number of carbonyl (C=O) groups excluding carboxylic acids is 1. The van der Waals surface area contributed by atoms with Crippen LogP contribution in [0.15, 0.2) is 36.5 Å². The summed E-state index contributed by atoms with van der Waals surface area (Å²) in [4.78, 5) is 12.3. The molecule has 0 saturated carbocycles. The van der Waals surface area contributed by atoms with E-state index in [2.05, 4.69) is 12.0 Å². The summed E-state index contributed by atoms with van der Waals surface area (Å²) in [6, 6.07) is 5.79. The Labute approximate surface area is 118 Å². The molecule has 5 nitrogen and oxygen atoms in total. The molecule has 0 aromatic heterocycles. The molecule has 1 atom stereocenters. The van der Waals surface area contributed by atoms with Gasteiger partial charge in [0.1, 0.15) is 5.75 Å². The van der Waals surface area contributed by atoms with Gasteiger partial charge in [0.2, 0.25) is 0 Å². The second-order valence-electron chi connectivity index (χ2n) is 4.55. The summed E-state index contributed by atoms with van der Waals surface area (Å²) in [5, 5.41) is 10.0. The zero-order valence-electron chi connectivity index (χ0n) is 11.1. The summed E-state index contributed by atoms with van der Waals surface area (Å²) in [6.45, 7) is 3.34. The van der Waals surface area contributed by atoms with Gasteiger partial charge in [-0.3, -0.25) is 10.2 Å². The molecule has 1 amide bonds. The Morgan fingerprint density at radius 3 is 2.67 bits per heavy atom. The van der Waals surface area contributed by atoms with E-state index in [1.54, 1.807) is 6.07 Å². The van der Waals surface area contributed by atoms with E-state index in [0.29, 0.717) is 0 Å². The number of hydrogen-bond donors (Lipinski definition) is 2. The van der Waals surface area contributed by atoms with Crippen molar-refractivity contribution in [2.45, 2.75) is 18.3 Å². The van der Waals surface area contributed by atoms with Crippen LogP contribution in [0, 0.1) is 0 Å². The molecule has 1 aliphatic heterocycles. The Morgan fingerprint density at radius 1 is 1.48 bits per heavy atom. The molecule has 2 N–H and O–H groups in total. The number of carbonyl (C=O) groups is 1. The number of nitrogens with zero attached hydrogens (tertiary/aromatic N) is 1. The Kier molecular flexibility index (Phi) is 3.58. The molecule has 1 fully saturated rings. The van der Waals surface area contributed by atoms with E-state index in [1.807, 2.05) is 0 Å². The minimum Gasteiger partial charge on any atom is -0.496 e. The maximum atomic E-state index is 13.1. The number of hydrogen-bond acceptors (Lipinski definition) is 4. The summed E-state index contributed by atoms with van der Waals surface area (Å²) in [7, 11) is 1.29. The van der Waals surface area contributed by atoms with Crippen LogP contribution in [0.3, 0.4) is 0 Å². The maximum Gasteiger partial charge on any atom is 0.438 e. The Hall–Kier alpha value is -2.22. The fourth-order valence-electron chi connectivity index (χ4n) is 2.05. The standard InChI is InChI=1S/C13H13F3N2O3/c1-8-7-12(20,13(14,15)16)18(17-8)11(19)9-5-3-4-6-10(9)21-2/h3-6,17,20H,1,7H2,2H3. The van der Waals surface area contributed by atoms with Gasteiger partial charge in [0, 0.05) is 12.1 Å². The van der Waals surface area contributed by atoms with Crippen LogP contribution in [0.25, 0.3) is 0 Å². The smallest absolute Gasteiger partial charge is 0.438 e. The largest absolute Gasteiger partial charge is 0.496 e. The van der Waals surface area contributed by atoms with E-state index < -0.39 is 24.2 Å². The van der Waals surface area contributed by atoms with Crippen molar-refractivity contribution in [3.05, 3.63) is 42.1 Å². The summed E-state index contributed by atoms with van der Waals surface area (Å²) in [5.41, 5.74) is -1.40. The molecule has 1 heterocycles. The van der Waals surface area contributed by atoms with Crippen molar-refractivity contribution < 1.29 is 27.8 Å². The SMILES string of the molecule is C=C1CC(O)(C(F)(F)F)N(C(=O)c2ccccc2OC)N1. The van der Waals surface area contributed by atoms with Gasteiger partial charge >= 0.3 is 6.18 Å². The van der Waals surface area contributed by atoms with Crippen LogP contribution in [0.5, 0.6) is 5.75 Å². The molecule has 2 rings (SSSR count). The normalized spacial score (nSPS) is 22.1. The molecule has 0 spiro atoms. The van der Waals surface area contributed by atoms with Crippen LogP contribution in [0.4, 0.5) is 13.2 Å². The maximum absolute atomic E-state index is 13.1. The minimum atomic E-state index is -5.03. The number of alkyl halides is 3. The van der Waals surface area contributed by atoms with Gasteiger partial charge in [0.05, 0.1) is 12.7 Å². The summed E-state index contributed by atoms with van der Waals surface area (Å²) < 4.78 is 44.2. The highest BCUT2D eigenvalue weighted by Crippen LogP contribution is 2.41. The second-order valence-corrected chi connectivity index (χ2v) is 4.55. The molecule has 1 unspecified atom stereocenters. The molecule has 0 radical (unpaired) electrons. The fraction of sp³-hybridized carbons (Fsp3) is 0.308. The lowest BCUT2D eigenvalue weighted by atomic mass is 10.1. The van der Waals surface area contributed by atoms with E-state index in [-0.39, 0.29) is 22.0 Å². The number of amides is 1. The average molecular weight is 302 g/mol. The molecule has 1 aliphatic rings. The predicted molar refractivity (Wildman–Crippen MR) is 67.1 cm³/mol. The average Bonchev–Trinajstić information content (AvgIpc) is 2.74. The van der Waals surface area contributed by atoms with Crippen LogP contribution < -0.4 is 10.2 Å². The van der Waals surface area contributed by atoms with Crippen molar-refractivity contribution in [1.29, 1.82) is 0 Å². The topological polar surface area (TPSA) is 61.8 Å². The lowest BCUT2D eigenvalue weighted by molar-refractivity contribution is -0.299. The molecular formula is C13H13F3N2O3. The fourth-order valence-corrected chi connectivity index (χ4v) is 2.05. The monoisotopic (exact) mass is 302 g/mol. The van der Waals surface area contributed by atoms with Crippen LogP contribution in [-0.4, -0.2) is 35.0 Å². The lowest BCUT2D eigenvalue weighted by Crippen LogP contribution is -2.59. The van der Waals surface area contributed by atoms with Gasteiger partial charge in [-0.15, -0.1) is 0 Å². The van der Waals surface area contributed by atoms with E-state index in [9.17, 15) is 23.1 Å². The highest BCUT2D eigenvalue weighted by Gasteiger charge is 2.63. The first kappa shape index (κ1) is 15.2. The first-order valence-electron chi connectivity index (χ1n) is 5.92. The first-order valence-corrected chi connectivity index (χ1v) is 5.92. The third kappa shape index (κ3) is 2.42. The highest BCUT2D eigenvalue weighted by atomic mass is 19.4. The Morgan fingerprint density at radius 2 is 2.10 bits per heavy atom. The van der Waals surface area contributed by atoms with Crippen molar-refractivity contribution in [3.8, 4) is 5.75 Å². The number of para-hydroxylation sites is 1. The number of methoxy groups -OCH3 is 1.